The van der Waals surface area contributed by atoms with Crippen LogP contribution in [-0.4, -0.2) is 49.1 Å². The molecule has 1 atom stereocenters. The Hall–Kier alpha value is -0.0400. The van der Waals surface area contributed by atoms with Crippen molar-refractivity contribution in [2.45, 2.75) is 56.7 Å². The van der Waals surface area contributed by atoms with E-state index in [-0.39, 0.29) is 24.0 Å². The van der Waals surface area contributed by atoms with Gasteiger partial charge in [-0.3, -0.25) is 9.89 Å². The molecule has 3 aliphatic rings. The van der Waals surface area contributed by atoms with Crippen LogP contribution < -0.4 is 10.6 Å². The molecule has 2 saturated carbocycles. The molecule has 0 spiro atoms. The Labute approximate surface area is 127 Å². The summed E-state index contributed by atoms with van der Waals surface area (Å²) >= 11 is 0. The van der Waals surface area contributed by atoms with Crippen LogP contribution in [0.15, 0.2) is 4.99 Å². The highest BCUT2D eigenvalue weighted by Crippen LogP contribution is 2.29. The molecule has 0 aromatic rings. The number of hydrogen-bond acceptors (Lipinski definition) is 2. The molecule has 0 aromatic heterocycles. The minimum atomic E-state index is 0. The second-order valence-electron chi connectivity index (χ2n) is 5.70. The van der Waals surface area contributed by atoms with Gasteiger partial charge in [-0.15, -0.1) is 24.0 Å². The molecular formula is C13H25IN4. The van der Waals surface area contributed by atoms with Gasteiger partial charge in [-0.05, 0) is 38.5 Å². The third-order valence-electron chi connectivity index (χ3n) is 4.29. The number of nitrogens with zero attached hydrogens (tertiary/aromatic N) is 2. The monoisotopic (exact) mass is 364 g/mol. The molecular weight excluding hydrogens is 339 g/mol. The molecule has 0 amide bonds. The van der Waals surface area contributed by atoms with Crippen LogP contribution >= 0.6 is 24.0 Å². The number of guanidine groups is 1. The van der Waals surface area contributed by atoms with E-state index in [2.05, 4.69) is 20.5 Å². The zero-order chi connectivity index (χ0) is 11.7. The van der Waals surface area contributed by atoms with E-state index >= 15 is 0 Å². The summed E-state index contributed by atoms with van der Waals surface area (Å²) in [6.45, 7) is 2.47. The highest BCUT2D eigenvalue weighted by atomic mass is 127. The van der Waals surface area contributed by atoms with E-state index in [1.54, 1.807) is 0 Å². The molecule has 18 heavy (non-hydrogen) atoms. The molecule has 5 heteroatoms. The van der Waals surface area contributed by atoms with Gasteiger partial charge >= 0.3 is 0 Å². The zero-order valence-electron chi connectivity index (χ0n) is 11.2. The third kappa shape index (κ3) is 3.50. The first-order valence-corrected chi connectivity index (χ1v) is 7.09. The van der Waals surface area contributed by atoms with Crippen LogP contribution in [0.5, 0.6) is 0 Å². The van der Waals surface area contributed by atoms with E-state index < -0.39 is 0 Å². The van der Waals surface area contributed by atoms with Crippen LogP contribution in [0.4, 0.5) is 0 Å². The van der Waals surface area contributed by atoms with Crippen LogP contribution in [0, 0.1) is 0 Å². The van der Waals surface area contributed by atoms with Gasteiger partial charge in [-0.1, -0.05) is 0 Å². The molecule has 1 aliphatic heterocycles. The molecule has 1 heterocycles. The average molecular weight is 364 g/mol. The quantitative estimate of drug-likeness (QED) is 0.454. The Morgan fingerprint density at radius 2 is 1.78 bits per heavy atom. The summed E-state index contributed by atoms with van der Waals surface area (Å²) in [5.74, 6) is 1.01. The van der Waals surface area contributed by atoms with Crippen LogP contribution in [0.2, 0.25) is 0 Å². The summed E-state index contributed by atoms with van der Waals surface area (Å²) in [7, 11) is 1.88. The van der Waals surface area contributed by atoms with E-state index in [0.29, 0.717) is 12.1 Å². The molecule has 0 radical (unpaired) electrons. The normalized spacial score (nSPS) is 29.6. The first-order valence-electron chi connectivity index (χ1n) is 7.09. The fourth-order valence-corrected chi connectivity index (χ4v) is 2.79. The smallest absolute Gasteiger partial charge is 0.191 e. The SMILES string of the molecule is CN=C(NC1CCC1)NC1CCN(C2CC2)C1.I. The molecule has 1 unspecified atom stereocenters. The highest BCUT2D eigenvalue weighted by Gasteiger charge is 2.34. The van der Waals surface area contributed by atoms with E-state index in [0.717, 1.165) is 12.0 Å². The van der Waals surface area contributed by atoms with E-state index in [1.807, 2.05) is 7.05 Å². The van der Waals surface area contributed by atoms with Crippen molar-refractivity contribution < 1.29 is 0 Å². The fraction of sp³-hybridized carbons (Fsp3) is 0.923. The lowest BCUT2D eigenvalue weighted by atomic mass is 9.93. The van der Waals surface area contributed by atoms with Gasteiger partial charge in [-0.25, -0.2) is 0 Å². The Bertz CT molecular complexity index is 299. The predicted octanol–water partition coefficient (Wildman–Crippen LogP) is 1.56. The maximum atomic E-state index is 4.33. The standard InChI is InChI=1S/C13H24N4.HI/c1-14-13(15-10-3-2-4-10)16-11-7-8-17(9-11)12-5-6-12;/h10-12H,2-9H2,1H3,(H2,14,15,16);1H. The van der Waals surface area contributed by atoms with Gasteiger partial charge in [0.15, 0.2) is 5.96 Å². The van der Waals surface area contributed by atoms with Gasteiger partial charge in [0.1, 0.15) is 0 Å². The van der Waals surface area contributed by atoms with Gasteiger partial charge in [0, 0.05) is 38.3 Å². The average Bonchev–Trinajstić information content (AvgIpc) is 3.03. The van der Waals surface area contributed by atoms with Crippen molar-refractivity contribution in [1.82, 2.24) is 15.5 Å². The molecule has 3 rings (SSSR count). The Morgan fingerprint density at radius 3 is 2.33 bits per heavy atom. The minimum absolute atomic E-state index is 0. The Kier molecular flexibility index (Phi) is 5.12. The maximum Gasteiger partial charge on any atom is 0.191 e. The van der Waals surface area contributed by atoms with Gasteiger partial charge < -0.3 is 10.6 Å². The van der Waals surface area contributed by atoms with Crippen molar-refractivity contribution in [3.05, 3.63) is 0 Å². The molecule has 104 valence electrons. The summed E-state index contributed by atoms with van der Waals surface area (Å²) < 4.78 is 0. The van der Waals surface area contributed by atoms with Gasteiger partial charge in [0.2, 0.25) is 0 Å². The van der Waals surface area contributed by atoms with Gasteiger partial charge in [-0.2, -0.15) is 0 Å². The first-order chi connectivity index (χ1) is 8.35. The topological polar surface area (TPSA) is 39.7 Å². The maximum absolute atomic E-state index is 4.33. The van der Waals surface area contributed by atoms with E-state index in [4.69, 9.17) is 0 Å². The second kappa shape index (κ2) is 6.41. The number of nitrogens with one attached hydrogen (secondary N) is 2. The summed E-state index contributed by atoms with van der Waals surface area (Å²) in [5.41, 5.74) is 0. The van der Waals surface area contributed by atoms with Crippen LogP contribution in [-0.2, 0) is 0 Å². The van der Waals surface area contributed by atoms with Gasteiger partial charge in [0.05, 0.1) is 0 Å². The second-order valence-corrected chi connectivity index (χ2v) is 5.70. The van der Waals surface area contributed by atoms with Crippen LogP contribution in [0.25, 0.3) is 0 Å². The summed E-state index contributed by atoms with van der Waals surface area (Å²) in [5, 5.41) is 7.08. The molecule has 3 fully saturated rings. The largest absolute Gasteiger partial charge is 0.354 e. The number of rotatable bonds is 3. The molecule has 1 saturated heterocycles. The van der Waals surface area contributed by atoms with Crippen molar-refractivity contribution in [3.63, 3.8) is 0 Å². The lowest BCUT2D eigenvalue weighted by Gasteiger charge is -2.29. The van der Waals surface area contributed by atoms with Crippen molar-refractivity contribution in [2.75, 3.05) is 20.1 Å². The predicted molar refractivity (Wildman–Crippen MR) is 85.7 cm³/mol. The lowest BCUT2D eigenvalue weighted by Crippen LogP contribution is -2.50. The Balaban J connectivity index is 0.00000120. The van der Waals surface area contributed by atoms with Crippen molar-refractivity contribution in [3.8, 4) is 0 Å². The first kappa shape index (κ1) is 14.4. The molecule has 2 aliphatic carbocycles. The van der Waals surface area contributed by atoms with Crippen molar-refractivity contribution >= 4 is 29.9 Å². The fourth-order valence-electron chi connectivity index (χ4n) is 2.79. The summed E-state index contributed by atoms with van der Waals surface area (Å²) in [6, 6.07) is 2.17. The van der Waals surface area contributed by atoms with Gasteiger partial charge in [0.25, 0.3) is 0 Å². The van der Waals surface area contributed by atoms with E-state index in [9.17, 15) is 0 Å². The van der Waals surface area contributed by atoms with E-state index in [1.165, 1.54) is 51.6 Å². The molecule has 0 aromatic carbocycles. The molecule has 4 nitrogen and oxygen atoms in total. The summed E-state index contributed by atoms with van der Waals surface area (Å²) in [4.78, 5) is 6.97. The third-order valence-corrected chi connectivity index (χ3v) is 4.29. The lowest BCUT2D eigenvalue weighted by molar-refractivity contribution is 0.320. The van der Waals surface area contributed by atoms with Crippen LogP contribution in [0.3, 0.4) is 0 Å². The number of likely N-dealkylation sites (tertiary alicyclic amines) is 1. The highest BCUT2D eigenvalue weighted by molar-refractivity contribution is 14.0. The van der Waals surface area contributed by atoms with Crippen molar-refractivity contribution in [1.29, 1.82) is 0 Å². The van der Waals surface area contributed by atoms with Crippen molar-refractivity contribution in [2.24, 2.45) is 4.99 Å². The minimum Gasteiger partial charge on any atom is -0.354 e. The summed E-state index contributed by atoms with van der Waals surface area (Å²) in [6.07, 6.45) is 8.08. The number of hydrogen-bond donors (Lipinski definition) is 2. The zero-order valence-corrected chi connectivity index (χ0v) is 13.5. The Morgan fingerprint density at radius 1 is 1.06 bits per heavy atom. The molecule has 2 N–H and O–H groups in total. The molecule has 0 bridgehead atoms. The number of aliphatic imine (C=N–C) groups is 1. The number of halogens is 1. The van der Waals surface area contributed by atoms with Crippen LogP contribution in [0.1, 0.15) is 38.5 Å².